The average Bonchev–Trinajstić information content (AvgIpc) is 3.24. The Balaban J connectivity index is 2.17. The Morgan fingerprint density at radius 3 is 2.47 bits per heavy atom. The van der Waals surface area contributed by atoms with Crippen LogP contribution in [0.1, 0.15) is 45.4 Å². The van der Waals surface area contributed by atoms with Crippen molar-refractivity contribution >= 4 is 46.4 Å². The van der Waals surface area contributed by atoms with Crippen LogP contribution in [0.4, 0.5) is 24.5 Å². The Kier molecular flexibility index (Phi) is 7.89. The fraction of sp³-hybridized carbons (Fsp3) is 0.227. The molecule has 0 unspecified atom stereocenters. The normalized spacial score (nSPS) is 11.3. The number of halogens is 5. The third-order valence-electron chi connectivity index (χ3n) is 4.93. The molecule has 9 nitrogen and oxygen atoms in total. The number of hydrogen-bond donors (Lipinski definition) is 2. The van der Waals surface area contributed by atoms with Crippen LogP contribution in [0.5, 0.6) is 0 Å². The van der Waals surface area contributed by atoms with Gasteiger partial charge in [0.25, 0.3) is 17.5 Å². The van der Waals surface area contributed by atoms with Crippen molar-refractivity contribution < 1.29 is 27.7 Å². The van der Waals surface area contributed by atoms with Crippen molar-refractivity contribution in [2.45, 2.75) is 26.4 Å². The summed E-state index contributed by atoms with van der Waals surface area (Å²) in [4.78, 5) is 36.6. The molecule has 3 aromatic rings. The zero-order valence-corrected chi connectivity index (χ0v) is 20.3. The number of nitro benzene ring substituents is 1. The molecule has 0 spiro atoms. The second kappa shape index (κ2) is 10.5. The molecule has 0 radical (unpaired) electrons. The summed E-state index contributed by atoms with van der Waals surface area (Å²) in [5.74, 6) is -1.69. The first-order valence-electron chi connectivity index (χ1n) is 10.3. The van der Waals surface area contributed by atoms with Gasteiger partial charge in [0.1, 0.15) is 5.69 Å². The van der Waals surface area contributed by atoms with Crippen molar-refractivity contribution in [1.82, 2.24) is 15.1 Å². The summed E-state index contributed by atoms with van der Waals surface area (Å²) >= 11 is 12.1. The molecule has 190 valence electrons. The maximum absolute atomic E-state index is 13.5. The number of benzene rings is 2. The van der Waals surface area contributed by atoms with E-state index >= 15 is 0 Å². The van der Waals surface area contributed by atoms with Gasteiger partial charge in [-0.1, -0.05) is 36.2 Å². The van der Waals surface area contributed by atoms with Crippen molar-refractivity contribution in [3.63, 3.8) is 0 Å². The van der Waals surface area contributed by atoms with E-state index in [0.717, 1.165) is 6.07 Å². The van der Waals surface area contributed by atoms with Gasteiger partial charge < -0.3 is 10.6 Å². The molecule has 0 aliphatic carbocycles. The standard InChI is InChI=1S/C22H18Cl2F3N5O4/c1-3-7-28-20(33)13-9-12(23)8-11(2)18(13)29-21(34)16-10-17(22(25,26)27)30-31(16)19-14(24)5-4-6-15(19)32(35)36/h4-6,8-10H,3,7H2,1-2H3,(H,28,33)(H,29,34). The van der Waals surface area contributed by atoms with Crippen molar-refractivity contribution in [2.75, 3.05) is 11.9 Å². The van der Waals surface area contributed by atoms with E-state index < -0.39 is 45.7 Å². The minimum Gasteiger partial charge on any atom is -0.352 e. The van der Waals surface area contributed by atoms with Gasteiger partial charge in [0.05, 0.1) is 21.2 Å². The number of carbonyl (C=O) groups is 2. The monoisotopic (exact) mass is 543 g/mol. The molecule has 0 aliphatic heterocycles. The molecule has 0 fully saturated rings. The second-order valence-electron chi connectivity index (χ2n) is 7.54. The van der Waals surface area contributed by atoms with Gasteiger partial charge in [0, 0.05) is 23.7 Å². The Bertz CT molecular complexity index is 1360. The number of rotatable bonds is 7. The molecule has 2 aromatic carbocycles. The van der Waals surface area contributed by atoms with Crippen LogP contribution in [0.25, 0.3) is 5.69 Å². The quantitative estimate of drug-likeness (QED) is 0.288. The van der Waals surface area contributed by atoms with Gasteiger partial charge in [0.15, 0.2) is 11.4 Å². The van der Waals surface area contributed by atoms with Crippen LogP contribution in [0.2, 0.25) is 10.0 Å². The number of nitro groups is 1. The number of alkyl halides is 3. The molecule has 14 heteroatoms. The molecule has 0 aliphatic rings. The summed E-state index contributed by atoms with van der Waals surface area (Å²) < 4.78 is 41.0. The first-order chi connectivity index (χ1) is 16.8. The van der Waals surface area contributed by atoms with E-state index in [1.807, 2.05) is 6.92 Å². The first kappa shape index (κ1) is 27.0. The summed E-state index contributed by atoms with van der Waals surface area (Å²) in [6, 6.07) is 6.63. The number of nitrogens with one attached hydrogen (secondary N) is 2. The number of amides is 2. The van der Waals surface area contributed by atoms with Crippen molar-refractivity contribution in [3.05, 3.63) is 79.1 Å². The van der Waals surface area contributed by atoms with Crippen LogP contribution in [0.15, 0.2) is 36.4 Å². The Hall–Kier alpha value is -3.64. The van der Waals surface area contributed by atoms with Crippen LogP contribution < -0.4 is 10.6 Å². The van der Waals surface area contributed by atoms with Gasteiger partial charge in [-0.25, -0.2) is 4.68 Å². The predicted molar refractivity (Wildman–Crippen MR) is 127 cm³/mol. The molecule has 3 rings (SSSR count). The lowest BCUT2D eigenvalue weighted by molar-refractivity contribution is -0.384. The van der Waals surface area contributed by atoms with Gasteiger partial charge in [0.2, 0.25) is 0 Å². The van der Waals surface area contributed by atoms with Crippen LogP contribution in [0, 0.1) is 17.0 Å². The molecule has 2 N–H and O–H groups in total. The zero-order chi connectivity index (χ0) is 26.8. The lowest BCUT2D eigenvalue weighted by Gasteiger charge is -2.15. The fourth-order valence-corrected chi connectivity index (χ4v) is 3.83. The molecule has 0 saturated heterocycles. The minimum absolute atomic E-state index is 0.00651. The Labute approximate surface area is 212 Å². The van der Waals surface area contributed by atoms with E-state index in [1.165, 1.54) is 31.2 Å². The number of carbonyl (C=O) groups excluding carboxylic acids is 2. The summed E-state index contributed by atoms with van der Waals surface area (Å²) in [6.07, 6.45) is -4.35. The maximum atomic E-state index is 13.5. The van der Waals surface area contributed by atoms with Crippen LogP contribution >= 0.6 is 23.2 Å². The van der Waals surface area contributed by atoms with E-state index in [0.29, 0.717) is 29.3 Å². The largest absolute Gasteiger partial charge is 0.435 e. The van der Waals surface area contributed by atoms with Crippen LogP contribution in [-0.4, -0.2) is 33.1 Å². The van der Waals surface area contributed by atoms with Crippen molar-refractivity contribution in [1.29, 1.82) is 0 Å². The highest BCUT2D eigenvalue weighted by Gasteiger charge is 2.37. The molecule has 36 heavy (non-hydrogen) atoms. The average molecular weight is 544 g/mol. The van der Waals surface area contributed by atoms with Gasteiger partial charge in [-0.05, 0) is 37.1 Å². The minimum atomic E-state index is -4.97. The van der Waals surface area contributed by atoms with Crippen molar-refractivity contribution in [3.8, 4) is 5.69 Å². The van der Waals surface area contributed by atoms with Gasteiger partial charge >= 0.3 is 6.18 Å². The smallest absolute Gasteiger partial charge is 0.352 e. The Morgan fingerprint density at radius 2 is 1.86 bits per heavy atom. The molecule has 0 atom stereocenters. The lowest BCUT2D eigenvalue weighted by Crippen LogP contribution is -2.26. The third kappa shape index (κ3) is 5.60. The molecule has 2 amide bonds. The van der Waals surface area contributed by atoms with E-state index in [9.17, 15) is 32.9 Å². The topological polar surface area (TPSA) is 119 Å². The summed E-state index contributed by atoms with van der Waals surface area (Å²) in [7, 11) is 0. The molecular weight excluding hydrogens is 526 g/mol. The van der Waals surface area contributed by atoms with E-state index in [2.05, 4.69) is 15.7 Å². The number of hydrogen-bond acceptors (Lipinski definition) is 5. The van der Waals surface area contributed by atoms with E-state index in [1.54, 1.807) is 0 Å². The SMILES string of the molecule is CCCNC(=O)c1cc(Cl)cc(C)c1NC(=O)c1cc(C(F)(F)F)nn1-c1c(Cl)cccc1[N+](=O)[O-]. The van der Waals surface area contributed by atoms with Gasteiger partial charge in [-0.15, -0.1) is 0 Å². The van der Waals surface area contributed by atoms with E-state index in [-0.39, 0.29) is 21.3 Å². The van der Waals surface area contributed by atoms with Gasteiger partial charge in [-0.2, -0.15) is 18.3 Å². The molecule has 0 saturated carbocycles. The maximum Gasteiger partial charge on any atom is 0.435 e. The third-order valence-corrected chi connectivity index (χ3v) is 5.45. The number of nitrogens with zero attached hydrogens (tertiary/aromatic N) is 3. The number of aryl methyl sites for hydroxylation is 1. The van der Waals surface area contributed by atoms with Crippen molar-refractivity contribution in [2.24, 2.45) is 0 Å². The highest BCUT2D eigenvalue weighted by molar-refractivity contribution is 6.33. The second-order valence-corrected chi connectivity index (χ2v) is 8.39. The molecule has 1 aromatic heterocycles. The van der Waals surface area contributed by atoms with Crippen LogP contribution in [0.3, 0.4) is 0 Å². The fourth-order valence-electron chi connectivity index (χ4n) is 3.31. The Morgan fingerprint density at radius 1 is 1.17 bits per heavy atom. The number of aromatic nitrogens is 2. The molecule has 1 heterocycles. The molecule has 0 bridgehead atoms. The first-order valence-corrected chi connectivity index (χ1v) is 11.1. The highest BCUT2D eigenvalue weighted by atomic mass is 35.5. The summed E-state index contributed by atoms with van der Waals surface area (Å²) in [5.41, 5.74) is -3.05. The summed E-state index contributed by atoms with van der Waals surface area (Å²) in [5, 5.41) is 19.9. The predicted octanol–water partition coefficient (Wildman–Crippen LogP) is 5.81. The molecular formula is C22H18Cl2F3N5O4. The highest BCUT2D eigenvalue weighted by Crippen LogP contribution is 2.35. The van der Waals surface area contributed by atoms with Crippen LogP contribution in [-0.2, 0) is 6.18 Å². The summed E-state index contributed by atoms with van der Waals surface area (Å²) in [6.45, 7) is 3.70. The zero-order valence-electron chi connectivity index (χ0n) is 18.7. The van der Waals surface area contributed by atoms with Gasteiger partial charge in [-0.3, -0.25) is 19.7 Å². The number of para-hydroxylation sites is 1. The van der Waals surface area contributed by atoms with E-state index in [4.69, 9.17) is 23.2 Å². The lowest BCUT2D eigenvalue weighted by atomic mass is 10.1. The number of anilines is 1.